The summed E-state index contributed by atoms with van der Waals surface area (Å²) in [5.41, 5.74) is 5.35. The Morgan fingerprint density at radius 3 is 2.64 bits per heavy atom. The highest BCUT2D eigenvalue weighted by Gasteiger charge is 2.45. The molecule has 2 N–H and O–H groups in total. The van der Waals surface area contributed by atoms with Gasteiger partial charge in [-0.15, -0.1) is 5.10 Å². The molecule has 0 unspecified atom stereocenters. The standard InChI is InChI=1S/C7H9BrF2N4/c8-5-12-6(11)13-14(5)3-4-1-7(9,10)2-4/h4H,1-3H2,(H2,11,13). The fourth-order valence-corrected chi connectivity index (χ4v) is 2.02. The summed E-state index contributed by atoms with van der Waals surface area (Å²) in [7, 11) is 0. The molecule has 0 atom stereocenters. The average Bonchev–Trinajstić information content (AvgIpc) is 2.26. The van der Waals surface area contributed by atoms with Gasteiger partial charge >= 0.3 is 0 Å². The first-order valence-electron chi connectivity index (χ1n) is 4.20. The molecule has 0 radical (unpaired) electrons. The number of hydrogen-bond donors (Lipinski definition) is 1. The molecule has 0 aromatic carbocycles. The van der Waals surface area contributed by atoms with Gasteiger partial charge in [-0.25, -0.2) is 13.5 Å². The van der Waals surface area contributed by atoms with Crippen LogP contribution in [0, 0.1) is 5.92 Å². The van der Waals surface area contributed by atoms with Crippen molar-refractivity contribution in [3.63, 3.8) is 0 Å². The average molecular weight is 267 g/mol. The zero-order valence-corrected chi connectivity index (χ0v) is 8.84. The monoisotopic (exact) mass is 266 g/mol. The van der Waals surface area contributed by atoms with Gasteiger partial charge in [0.2, 0.25) is 11.9 Å². The summed E-state index contributed by atoms with van der Waals surface area (Å²) in [6, 6.07) is 0. The quantitative estimate of drug-likeness (QED) is 0.886. The Balaban J connectivity index is 1.96. The molecule has 0 aliphatic heterocycles. The third-order valence-corrected chi connectivity index (χ3v) is 2.84. The van der Waals surface area contributed by atoms with Crippen molar-refractivity contribution in [2.45, 2.75) is 25.3 Å². The molecule has 0 bridgehead atoms. The first kappa shape index (κ1) is 9.82. The smallest absolute Gasteiger partial charge is 0.248 e. The second kappa shape index (κ2) is 3.15. The highest BCUT2D eigenvalue weighted by atomic mass is 79.9. The van der Waals surface area contributed by atoms with Gasteiger partial charge in [0, 0.05) is 19.4 Å². The number of nitrogens with two attached hydrogens (primary N) is 1. The van der Waals surface area contributed by atoms with E-state index in [0.717, 1.165) is 0 Å². The van der Waals surface area contributed by atoms with Crippen molar-refractivity contribution >= 4 is 21.9 Å². The van der Waals surface area contributed by atoms with E-state index in [1.54, 1.807) is 0 Å². The summed E-state index contributed by atoms with van der Waals surface area (Å²) in [6.45, 7) is 0.445. The zero-order valence-electron chi connectivity index (χ0n) is 7.25. The number of nitrogens with zero attached hydrogens (tertiary/aromatic N) is 3. The molecule has 1 aromatic rings. The van der Waals surface area contributed by atoms with Gasteiger partial charge in [-0.2, -0.15) is 4.98 Å². The lowest BCUT2D eigenvalue weighted by Crippen LogP contribution is -2.37. The van der Waals surface area contributed by atoms with Crippen molar-refractivity contribution < 1.29 is 8.78 Å². The van der Waals surface area contributed by atoms with Crippen molar-refractivity contribution in [3.05, 3.63) is 4.73 Å². The first-order chi connectivity index (χ1) is 6.46. The Hall–Kier alpha value is -0.720. The van der Waals surface area contributed by atoms with Crippen LogP contribution in [0.1, 0.15) is 12.8 Å². The molecular weight excluding hydrogens is 258 g/mol. The van der Waals surface area contributed by atoms with Gasteiger partial charge < -0.3 is 5.73 Å². The summed E-state index contributed by atoms with van der Waals surface area (Å²) in [5.74, 6) is -2.35. The van der Waals surface area contributed by atoms with Gasteiger partial charge in [0.05, 0.1) is 0 Å². The minimum absolute atomic E-state index is 0.0256. The Morgan fingerprint density at radius 2 is 2.21 bits per heavy atom. The molecule has 1 aliphatic carbocycles. The lowest BCUT2D eigenvalue weighted by Gasteiger charge is -2.34. The molecule has 1 fully saturated rings. The van der Waals surface area contributed by atoms with Crippen LogP contribution in [0.4, 0.5) is 14.7 Å². The predicted octanol–water partition coefficient (Wildman–Crippen LogP) is 1.67. The SMILES string of the molecule is Nc1nc(Br)n(CC2CC(F)(F)C2)n1. The minimum atomic E-state index is -2.48. The van der Waals surface area contributed by atoms with E-state index in [9.17, 15) is 8.78 Å². The van der Waals surface area contributed by atoms with E-state index in [1.807, 2.05) is 0 Å². The number of hydrogen-bond acceptors (Lipinski definition) is 3. The molecule has 1 heterocycles. The maximum atomic E-state index is 12.5. The van der Waals surface area contributed by atoms with E-state index in [-0.39, 0.29) is 24.7 Å². The summed E-state index contributed by atoms with van der Waals surface area (Å²) < 4.78 is 27.0. The maximum Gasteiger partial charge on any atom is 0.248 e. The Kier molecular flexibility index (Phi) is 2.21. The molecule has 1 aromatic heterocycles. The van der Waals surface area contributed by atoms with Gasteiger partial charge in [-0.3, -0.25) is 0 Å². The number of aromatic nitrogens is 3. The molecule has 0 amide bonds. The maximum absolute atomic E-state index is 12.5. The van der Waals surface area contributed by atoms with Gasteiger partial charge in [-0.1, -0.05) is 0 Å². The number of alkyl halides is 2. The van der Waals surface area contributed by atoms with E-state index in [1.165, 1.54) is 4.68 Å². The van der Waals surface area contributed by atoms with Crippen LogP contribution < -0.4 is 5.73 Å². The number of halogens is 3. The third kappa shape index (κ3) is 1.87. The van der Waals surface area contributed by atoms with E-state index >= 15 is 0 Å². The van der Waals surface area contributed by atoms with Crippen LogP contribution in [0.2, 0.25) is 0 Å². The fourth-order valence-electron chi connectivity index (χ4n) is 1.61. The van der Waals surface area contributed by atoms with Gasteiger partial charge in [0.15, 0.2) is 4.73 Å². The molecular formula is C7H9BrF2N4. The van der Waals surface area contributed by atoms with Crippen LogP contribution in [0.15, 0.2) is 4.73 Å². The summed E-state index contributed by atoms with van der Waals surface area (Å²) in [6.07, 6.45) is -0.140. The molecule has 78 valence electrons. The predicted molar refractivity (Wildman–Crippen MR) is 49.8 cm³/mol. The highest BCUT2D eigenvalue weighted by Crippen LogP contribution is 2.43. The Bertz CT molecular complexity index is 343. The normalized spacial score (nSPS) is 20.8. The number of anilines is 1. The van der Waals surface area contributed by atoms with Crippen molar-refractivity contribution in [2.24, 2.45) is 5.92 Å². The van der Waals surface area contributed by atoms with Crippen LogP contribution in [-0.4, -0.2) is 20.7 Å². The second-order valence-corrected chi connectivity index (χ2v) is 4.26. The van der Waals surface area contributed by atoms with Gasteiger partial charge in [0.1, 0.15) is 0 Å². The number of rotatable bonds is 2. The molecule has 1 saturated carbocycles. The van der Waals surface area contributed by atoms with E-state index in [0.29, 0.717) is 11.3 Å². The van der Waals surface area contributed by atoms with Crippen LogP contribution in [0.3, 0.4) is 0 Å². The molecule has 1 aliphatic rings. The van der Waals surface area contributed by atoms with Gasteiger partial charge in [0.25, 0.3) is 0 Å². The largest absolute Gasteiger partial charge is 0.366 e. The van der Waals surface area contributed by atoms with E-state index in [4.69, 9.17) is 5.73 Å². The van der Waals surface area contributed by atoms with Crippen molar-refractivity contribution in [2.75, 3.05) is 5.73 Å². The lowest BCUT2D eigenvalue weighted by molar-refractivity contribution is -0.114. The highest BCUT2D eigenvalue weighted by molar-refractivity contribution is 9.10. The molecule has 2 rings (SSSR count). The topological polar surface area (TPSA) is 56.7 Å². The molecule has 0 saturated heterocycles. The van der Waals surface area contributed by atoms with Crippen LogP contribution in [0.5, 0.6) is 0 Å². The van der Waals surface area contributed by atoms with E-state index in [2.05, 4.69) is 26.0 Å². The summed E-state index contributed by atoms with van der Waals surface area (Å²) >= 11 is 3.15. The first-order valence-corrected chi connectivity index (χ1v) is 4.99. The van der Waals surface area contributed by atoms with Crippen molar-refractivity contribution in [1.82, 2.24) is 14.8 Å². The Morgan fingerprint density at radius 1 is 1.57 bits per heavy atom. The summed E-state index contributed by atoms with van der Waals surface area (Å²) in [5, 5.41) is 3.87. The second-order valence-electron chi connectivity index (χ2n) is 3.55. The Labute approximate surface area is 87.6 Å². The minimum Gasteiger partial charge on any atom is -0.366 e. The molecule has 0 spiro atoms. The zero-order chi connectivity index (χ0) is 10.3. The van der Waals surface area contributed by atoms with Crippen molar-refractivity contribution in [3.8, 4) is 0 Å². The molecule has 14 heavy (non-hydrogen) atoms. The lowest BCUT2D eigenvalue weighted by atomic mass is 9.81. The fraction of sp³-hybridized carbons (Fsp3) is 0.714. The van der Waals surface area contributed by atoms with Crippen molar-refractivity contribution in [1.29, 1.82) is 0 Å². The third-order valence-electron chi connectivity index (χ3n) is 2.25. The van der Waals surface area contributed by atoms with Crippen LogP contribution in [0.25, 0.3) is 0 Å². The van der Waals surface area contributed by atoms with Crippen LogP contribution in [-0.2, 0) is 6.54 Å². The van der Waals surface area contributed by atoms with E-state index < -0.39 is 5.92 Å². The van der Waals surface area contributed by atoms with Crippen LogP contribution >= 0.6 is 15.9 Å². The number of nitrogen functional groups attached to an aromatic ring is 1. The summed E-state index contributed by atoms with van der Waals surface area (Å²) in [4.78, 5) is 3.82. The molecule has 4 nitrogen and oxygen atoms in total. The molecule has 7 heteroatoms. The van der Waals surface area contributed by atoms with Gasteiger partial charge in [-0.05, 0) is 21.8 Å².